The zero-order valence-electron chi connectivity index (χ0n) is 13.3. The topological polar surface area (TPSA) is 84.5 Å². The minimum atomic E-state index is -3.56. The van der Waals surface area contributed by atoms with Crippen molar-refractivity contribution in [1.82, 2.24) is 5.32 Å². The standard InChI is InChI=1S/C15H24N2O4S/c1-12-5-7-14(8-6-12)17-22(19,20)11-13(2)15(18)16-9-4-10-21-3/h5-8,13,17H,4,9-11H2,1-3H3,(H,16,18). The van der Waals surface area contributed by atoms with Crippen molar-refractivity contribution >= 4 is 21.6 Å². The van der Waals surface area contributed by atoms with Crippen LogP contribution in [0.25, 0.3) is 0 Å². The van der Waals surface area contributed by atoms with Crippen LogP contribution in [0.1, 0.15) is 18.9 Å². The SMILES string of the molecule is COCCCNC(=O)C(C)CS(=O)(=O)Nc1ccc(C)cc1. The van der Waals surface area contributed by atoms with Gasteiger partial charge in [0.1, 0.15) is 0 Å². The highest BCUT2D eigenvalue weighted by atomic mass is 32.2. The Balaban J connectivity index is 2.49. The number of carbonyl (C=O) groups is 1. The Morgan fingerprint density at radius 1 is 1.27 bits per heavy atom. The molecule has 1 amide bonds. The molecule has 0 bridgehead atoms. The van der Waals surface area contributed by atoms with Crippen molar-refractivity contribution in [3.05, 3.63) is 29.8 Å². The van der Waals surface area contributed by atoms with Gasteiger partial charge in [-0.3, -0.25) is 9.52 Å². The number of hydrogen-bond donors (Lipinski definition) is 2. The summed E-state index contributed by atoms with van der Waals surface area (Å²) in [6.07, 6.45) is 0.698. The summed E-state index contributed by atoms with van der Waals surface area (Å²) in [6.45, 7) is 4.55. The van der Waals surface area contributed by atoms with Gasteiger partial charge in [0.15, 0.2) is 0 Å². The van der Waals surface area contributed by atoms with E-state index in [-0.39, 0.29) is 11.7 Å². The van der Waals surface area contributed by atoms with Crippen molar-refractivity contribution in [2.75, 3.05) is 30.7 Å². The second kappa shape index (κ2) is 8.75. The lowest BCUT2D eigenvalue weighted by Crippen LogP contribution is -2.35. The number of hydrogen-bond acceptors (Lipinski definition) is 4. The Kier molecular flexibility index (Phi) is 7.34. The van der Waals surface area contributed by atoms with Crippen molar-refractivity contribution in [3.63, 3.8) is 0 Å². The van der Waals surface area contributed by atoms with Gasteiger partial charge in [-0.25, -0.2) is 8.42 Å². The van der Waals surface area contributed by atoms with Gasteiger partial charge in [0.25, 0.3) is 0 Å². The summed E-state index contributed by atoms with van der Waals surface area (Å²) in [6, 6.07) is 7.04. The molecule has 1 aromatic carbocycles. The summed E-state index contributed by atoms with van der Waals surface area (Å²) in [4.78, 5) is 11.8. The number of anilines is 1. The van der Waals surface area contributed by atoms with Crippen molar-refractivity contribution in [2.24, 2.45) is 5.92 Å². The summed E-state index contributed by atoms with van der Waals surface area (Å²) < 4.78 is 31.5. The van der Waals surface area contributed by atoms with Crippen LogP contribution in [0.15, 0.2) is 24.3 Å². The van der Waals surface area contributed by atoms with Crippen LogP contribution in [0, 0.1) is 12.8 Å². The minimum absolute atomic E-state index is 0.253. The number of amides is 1. The largest absolute Gasteiger partial charge is 0.385 e. The van der Waals surface area contributed by atoms with Gasteiger partial charge in [-0.05, 0) is 25.5 Å². The molecule has 0 aliphatic carbocycles. The number of carbonyl (C=O) groups excluding carboxylic acids is 1. The van der Waals surface area contributed by atoms with Crippen LogP contribution in [-0.2, 0) is 19.6 Å². The van der Waals surface area contributed by atoms with Crippen LogP contribution in [0.5, 0.6) is 0 Å². The molecule has 0 fully saturated rings. The molecule has 0 saturated carbocycles. The second-order valence-electron chi connectivity index (χ2n) is 5.29. The lowest BCUT2D eigenvalue weighted by atomic mass is 10.2. The van der Waals surface area contributed by atoms with Crippen molar-refractivity contribution in [1.29, 1.82) is 0 Å². The molecule has 1 unspecified atom stereocenters. The zero-order valence-corrected chi connectivity index (χ0v) is 14.1. The monoisotopic (exact) mass is 328 g/mol. The van der Waals surface area contributed by atoms with Crippen LogP contribution < -0.4 is 10.0 Å². The molecule has 0 saturated heterocycles. The third-order valence-corrected chi connectivity index (χ3v) is 4.55. The van der Waals surface area contributed by atoms with Crippen LogP contribution in [-0.4, -0.2) is 40.3 Å². The summed E-state index contributed by atoms with van der Waals surface area (Å²) in [5, 5.41) is 2.70. The molecule has 6 nitrogen and oxygen atoms in total. The first-order valence-corrected chi connectivity index (χ1v) is 8.83. The molecule has 22 heavy (non-hydrogen) atoms. The molecule has 0 spiro atoms. The Labute approximate surface area is 132 Å². The lowest BCUT2D eigenvalue weighted by molar-refractivity contribution is -0.123. The normalized spacial score (nSPS) is 12.7. The molecule has 2 N–H and O–H groups in total. The van der Waals surface area contributed by atoms with Gasteiger partial charge in [0, 0.05) is 25.9 Å². The van der Waals surface area contributed by atoms with E-state index in [4.69, 9.17) is 4.74 Å². The maximum atomic E-state index is 12.1. The number of methoxy groups -OCH3 is 1. The average molecular weight is 328 g/mol. The Morgan fingerprint density at radius 3 is 2.50 bits per heavy atom. The Morgan fingerprint density at radius 2 is 1.91 bits per heavy atom. The highest BCUT2D eigenvalue weighted by molar-refractivity contribution is 7.92. The molecule has 7 heteroatoms. The first kappa shape index (κ1) is 18.4. The first-order chi connectivity index (χ1) is 10.3. The van der Waals surface area contributed by atoms with E-state index >= 15 is 0 Å². The number of aryl methyl sites for hydroxylation is 1. The van der Waals surface area contributed by atoms with Gasteiger partial charge in [-0.2, -0.15) is 0 Å². The molecule has 1 atom stereocenters. The van der Waals surface area contributed by atoms with Crippen molar-refractivity contribution in [3.8, 4) is 0 Å². The van der Waals surface area contributed by atoms with E-state index in [0.717, 1.165) is 5.56 Å². The van der Waals surface area contributed by atoms with E-state index in [1.165, 1.54) is 0 Å². The Hall–Kier alpha value is -1.60. The van der Waals surface area contributed by atoms with Gasteiger partial charge >= 0.3 is 0 Å². The number of rotatable bonds is 9. The number of sulfonamides is 1. The fourth-order valence-corrected chi connectivity index (χ4v) is 3.24. The molecule has 0 aromatic heterocycles. The van der Waals surface area contributed by atoms with Gasteiger partial charge in [0.2, 0.25) is 15.9 Å². The minimum Gasteiger partial charge on any atom is -0.385 e. The highest BCUT2D eigenvalue weighted by Gasteiger charge is 2.21. The number of ether oxygens (including phenoxy) is 1. The van der Waals surface area contributed by atoms with E-state index in [1.54, 1.807) is 26.2 Å². The smallest absolute Gasteiger partial charge is 0.233 e. The Bertz CT molecular complexity index is 570. The quantitative estimate of drug-likeness (QED) is 0.673. The van der Waals surface area contributed by atoms with E-state index in [0.29, 0.717) is 25.3 Å². The number of benzene rings is 1. The maximum Gasteiger partial charge on any atom is 0.233 e. The summed E-state index contributed by atoms with van der Waals surface area (Å²) >= 11 is 0. The summed E-state index contributed by atoms with van der Waals surface area (Å²) in [5.41, 5.74) is 1.55. The molecule has 0 aliphatic heterocycles. The predicted molar refractivity (Wildman–Crippen MR) is 87.3 cm³/mol. The van der Waals surface area contributed by atoms with Crippen molar-refractivity contribution < 1.29 is 17.9 Å². The van der Waals surface area contributed by atoms with Crippen LogP contribution in [0.2, 0.25) is 0 Å². The first-order valence-electron chi connectivity index (χ1n) is 7.18. The highest BCUT2D eigenvalue weighted by Crippen LogP contribution is 2.12. The molecule has 1 aromatic rings. The van der Waals surface area contributed by atoms with Crippen LogP contribution in [0.3, 0.4) is 0 Å². The van der Waals surface area contributed by atoms with Crippen molar-refractivity contribution in [2.45, 2.75) is 20.3 Å². The maximum absolute atomic E-state index is 12.1. The molecule has 0 radical (unpaired) electrons. The molecular weight excluding hydrogens is 304 g/mol. The van der Waals surface area contributed by atoms with E-state index in [2.05, 4.69) is 10.0 Å². The third kappa shape index (κ3) is 6.91. The van der Waals surface area contributed by atoms with Crippen LogP contribution >= 0.6 is 0 Å². The van der Waals surface area contributed by atoms with Gasteiger partial charge < -0.3 is 10.1 Å². The van der Waals surface area contributed by atoms with Gasteiger partial charge in [-0.1, -0.05) is 24.6 Å². The lowest BCUT2D eigenvalue weighted by Gasteiger charge is -2.14. The van der Waals surface area contributed by atoms with E-state index < -0.39 is 15.9 Å². The molecule has 0 aliphatic rings. The van der Waals surface area contributed by atoms with E-state index in [1.807, 2.05) is 19.1 Å². The summed E-state index contributed by atoms with van der Waals surface area (Å²) in [5.74, 6) is -1.15. The molecular formula is C15H24N2O4S. The second-order valence-corrected chi connectivity index (χ2v) is 7.05. The molecule has 1 rings (SSSR count). The fraction of sp³-hybridized carbons (Fsp3) is 0.533. The number of nitrogens with one attached hydrogen (secondary N) is 2. The van der Waals surface area contributed by atoms with E-state index in [9.17, 15) is 13.2 Å². The van der Waals surface area contributed by atoms with Gasteiger partial charge in [-0.15, -0.1) is 0 Å². The fourth-order valence-electron chi connectivity index (χ4n) is 1.85. The van der Waals surface area contributed by atoms with Gasteiger partial charge in [0.05, 0.1) is 11.7 Å². The molecule has 124 valence electrons. The molecule has 0 heterocycles. The zero-order chi connectivity index (χ0) is 16.6. The predicted octanol–water partition coefficient (Wildman–Crippen LogP) is 1.53. The third-order valence-electron chi connectivity index (χ3n) is 3.07. The van der Waals surface area contributed by atoms with Crippen LogP contribution in [0.4, 0.5) is 5.69 Å². The average Bonchev–Trinajstić information content (AvgIpc) is 2.45. The summed E-state index contributed by atoms with van der Waals surface area (Å²) in [7, 11) is -1.97.